The molecule has 0 fully saturated rings. The zero-order valence-corrected chi connectivity index (χ0v) is 14.7. The van der Waals surface area contributed by atoms with E-state index >= 15 is 0 Å². The van der Waals surface area contributed by atoms with E-state index in [0.717, 1.165) is 17.0 Å². The van der Waals surface area contributed by atoms with Crippen LogP contribution in [0.15, 0.2) is 36.4 Å². The summed E-state index contributed by atoms with van der Waals surface area (Å²) in [5.41, 5.74) is 2.71. The number of rotatable bonds is 6. The summed E-state index contributed by atoms with van der Waals surface area (Å²) in [6.45, 7) is 3.77. The van der Waals surface area contributed by atoms with E-state index in [1.807, 2.05) is 50.2 Å². The number of aryl methyl sites for hydroxylation is 2. The Hall–Kier alpha value is -3.36. The van der Waals surface area contributed by atoms with Crippen LogP contribution in [0.25, 0.3) is 5.95 Å². The van der Waals surface area contributed by atoms with Crippen molar-refractivity contribution in [2.45, 2.75) is 26.3 Å². The highest BCUT2D eigenvalue weighted by atomic mass is 16.5. The number of aromatic nitrogens is 6. The van der Waals surface area contributed by atoms with Crippen molar-refractivity contribution in [2.24, 2.45) is 0 Å². The first kappa shape index (κ1) is 17.5. The van der Waals surface area contributed by atoms with E-state index in [1.165, 1.54) is 7.11 Å². The monoisotopic (exact) mass is 353 g/mol. The molecule has 26 heavy (non-hydrogen) atoms. The molecule has 3 aromatic rings. The SMILES string of the molecule is COC(=O)C(Cc1ccccc1)Nc1nnc(-n2nc(C)cc2C)nn1. The molecular weight excluding hydrogens is 334 g/mol. The number of carbonyl (C=O) groups excluding carboxylic acids is 1. The van der Waals surface area contributed by atoms with E-state index in [1.54, 1.807) is 4.68 Å². The molecule has 0 radical (unpaired) electrons. The quantitative estimate of drug-likeness (QED) is 0.660. The van der Waals surface area contributed by atoms with Gasteiger partial charge in [-0.25, -0.2) is 9.48 Å². The predicted octanol–water partition coefficient (Wildman–Crippen LogP) is 1.27. The fraction of sp³-hybridized carbons (Fsp3) is 0.294. The van der Waals surface area contributed by atoms with Crippen LogP contribution >= 0.6 is 0 Å². The van der Waals surface area contributed by atoms with Crippen LogP contribution < -0.4 is 5.32 Å². The molecular formula is C17H19N7O2. The molecule has 0 amide bonds. The number of nitrogens with zero attached hydrogens (tertiary/aromatic N) is 6. The first-order chi connectivity index (χ1) is 12.6. The lowest BCUT2D eigenvalue weighted by Crippen LogP contribution is -2.34. The molecule has 0 saturated carbocycles. The van der Waals surface area contributed by atoms with Crippen LogP contribution in [0.4, 0.5) is 5.95 Å². The van der Waals surface area contributed by atoms with Crippen LogP contribution in [0.5, 0.6) is 0 Å². The van der Waals surface area contributed by atoms with E-state index in [0.29, 0.717) is 6.42 Å². The molecule has 1 atom stereocenters. The third kappa shape index (κ3) is 4.00. The minimum atomic E-state index is -0.648. The maximum atomic E-state index is 12.1. The predicted molar refractivity (Wildman–Crippen MR) is 93.8 cm³/mol. The number of hydrogen-bond donors (Lipinski definition) is 1. The Balaban J connectivity index is 1.76. The molecule has 1 N–H and O–H groups in total. The molecule has 9 heteroatoms. The summed E-state index contributed by atoms with van der Waals surface area (Å²) >= 11 is 0. The van der Waals surface area contributed by atoms with Gasteiger partial charge in [0, 0.05) is 12.1 Å². The van der Waals surface area contributed by atoms with Gasteiger partial charge in [-0.3, -0.25) is 0 Å². The number of esters is 1. The van der Waals surface area contributed by atoms with Crippen molar-refractivity contribution in [3.63, 3.8) is 0 Å². The Morgan fingerprint density at radius 1 is 1.15 bits per heavy atom. The van der Waals surface area contributed by atoms with Crippen LogP contribution in [0.1, 0.15) is 17.0 Å². The Morgan fingerprint density at radius 3 is 2.42 bits per heavy atom. The lowest BCUT2D eigenvalue weighted by molar-refractivity contribution is -0.141. The molecule has 3 rings (SSSR count). The Kier molecular flexibility index (Phi) is 5.16. The fourth-order valence-corrected chi connectivity index (χ4v) is 2.54. The second kappa shape index (κ2) is 7.68. The highest BCUT2D eigenvalue weighted by molar-refractivity contribution is 5.78. The number of anilines is 1. The van der Waals surface area contributed by atoms with Crippen molar-refractivity contribution in [2.75, 3.05) is 12.4 Å². The lowest BCUT2D eigenvalue weighted by atomic mass is 10.1. The van der Waals surface area contributed by atoms with E-state index in [-0.39, 0.29) is 11.9 Å². The molecule has 0 bridgehead atoms. The standard InChI is InChI=1S/C17H19N7O2/c1-11-9-12(2)24(23-11)17-21-19-16(20-22-17)18-14(15(25)26-3)10-13-7-5-4-6-8-13/h4-9,14H,10H2,1-3H3,(H,18,19,20). The van der Waals surface area contributed by atoms with Gasteiger partial charge in [0.25, 0.3) is 11.9 Å². The molecule has 9 nitrogen and oxygen atoms in total. The number of benzene rings is 1. The van der Waals surface area contributed by atoms with Crippen LogP contribution in [0.2, 0.25) is 0 Å². The Bertz CT molecular complexity index is 878. The van der Waals surface area contributed by atoms with Crippen molar-refractivity contribution in [3.05, 3.63) is 53.3 Å². The third-order valence-corrected chi connectivity index (χ3v) is 3.74. The van der Waals surface area contributed by atoms with E-state index in [2.05, 4.69) is 30.8 Å². The average Bonchev–Trinajstić information content (AvgIpc) is 3.00. The van der Waals surface area contributed by atoms with Crippen molar-refractivity contribution in [3.8, 4) is 5.95 Å². The van der Waals surface area contributed by atoms with Gasteiger partial charge < -0.3 is 10.1 Å². The van der Waals surface area contributed by atoms with Crippen molar-refractivity contribution in [1.29, 1.82) is 0 Å². The lowest BCUT2D eigenvalue weighted by Gasteiger charge is -2.15. The second-order valence-electron chi connectivity index (χ2n) is 5.77. The molecule has 2 heterocycles. The topological polar surface area (TPSA) is 108 Å². The first-order valence-corrected chi connectivity index (χ1v) is 8.06. The second-order valence-corrected chi connectivity index (χ2v) is 5.77. The molecule has 2 aromatic heterocycles. The van der Waals surface area contributed by atoms with Gasteiger partial charge in [0.05, 0.1) is 12.8 Å². The number of nitrogens with one attached hydrogen (secondary N) is 1. The summed E-state index contributed by atoms with van der Waals surface area (Å²) < 4.78 is 6.41. The summed E-state index contributed by atoms with van der Waals surface area (Å²) in [5, 5.41) is 23.3. The normalized spacial score (nSPS) is 11.8. The number of carbonyl (C=O) groups is 1. The van der Waals surface area contributed by atoms with Crippen LogP contribution in [-0.2, 0) is 16.0 Å². The van der Waals surface area contributed by atoms with Gasteiger partial charge >= 0.3 is 5.97 Å². The van der Waals surface area contributed by atoms with Crippen molar-refractivity contribution in [1.82, 2.24) is 30.2 Å². The summed E-state index contributed by atoms with van der Waals surface area (Å²) in [5.74, 6) is -0.0134. The molecule has 0 spiro atoms. The van der Waals surface area contributed by atoms with Crippen molar-refractivity contribution < 1.29 is 9.53 Å². The highest BCUT2D eigenvalue weighted by Gasteiger charge is 2.21. The Morgan fingerprint density at radius 2 is 1.85 bits per heavy atom. The summed E-state index contributed by atoms with van der Waals surface area (Å²) in [4.78, 5) is 12.1. The van der Waals surface area contributed by atoms with Gasteiger partial charge in [-0.15, -0.1) is 20.4 Å². The molecule has 1 unspecified atom stereocenters. The fourth-order valence-electron chi connectivity index (χ4n) is 2.54. The molecule has 0 aliphatic rings. The minimum Gasteiger partial charge on any atom is -0.467 e. The van der Waals surface area contributed by atoms with E-state index in [9.17, 15) is 4.79 Å². The maximum absolute atomic E-state index is 12.1. The van der Waals surface area contributed by atoms with Crippen molar-refractivity contribution >= 4 is 11.9 Å². The molecule has 1 aromatic carbocycles. The zero-order valence-electron chi connectivity index (χ0n) is 14.7. The van der Waals surface area contributed by atoms with Gasteiger partial charge in [-0.1, -0.05) is 30.3 Å². The summed E-state index contributed by atoms with van der Waals surface area (Å²) in [6.07, 6.45) is 0.427. The van der Waals surface area contributed by atoms with Crippen LogP contribution in [-0.4, -0.2) is 49.3 Å². The smallest absolute Gasteiger partial charge is 0.328 e. The average molecular weight is 353 g/mol. The molecule has 134 valence electrons. The summed E-state index contributed by atoms with van der Waals surface area (Å²) in [7, 11) is 1.34. The van der Waals surface area contributed by atoms with Gasteiger partial charge in [0.15, 0.2) is 0 Å². The highest BCUT2D eigenvalue weighted by Crippen LogP contribution is 2.10. The number of ether oxygens (including phenoxy) is 1. The van der Waals surface area contributed by atoms with E-state index in [4.69, 9.17) is 4.74 Å². The maximum Gasteiger partial charge on any atom is 0.328 e. The summed E-state index contributed by atoms with van der Waals surface area (Å²) in [6, 6.07) is 10.9. The van der Waals surface area contributed by atoms with Gasteiger partial charge in [0.1, 0.15) is 6.04 Å². The molecule has 0 aliphatic carbocycles. The van der Waals surface area contributed by atoms with Gasteiger partial charge in [-0.2, -0.15) is 5.10 Å². The first-order valence-electron chi connectivity index (χ1n) is 8.06. The van der Waals surface area contributed by atoms with E-state index < -0.39 is 12.0 Å². The third-order valence-electron chi connectivity index (χ3n) is 3.74. The minimum absolute atomic E-state index is 0.140. The Labute approximate surface area is 150 Å². The number of hydrogen-bond acceptors (Lipinski definition) is 8. The molecule has 0 aliphatic heterocycles. The van der Waals surface area contributed by atoms with Gasteiger partial charge in [-0.05, 0) is 25.5 Å². The number of methoxy groups -OCH3 is 1. The van der Waals surface area contributed by atoms with Crippen LogP contribution in [0, 0.1) is 13.8 Å². The van der Waals surface area contributed by atoms with Gasteiger partial charge in [0.2, 0.25) is 0 Å². The van der Waals surface area contributed by atoms with Crippen LogP contribution in [0.3, 0.4) is 0 Å². The largest absolute Gasteiger partial charge is 0.467 e. The molecule has 0 saturated heterocycles. The zero-order chi connectivity index (χ0) is 18.5.